The number of hydrogen-bond acceptors (Lipinski definition) is 5. The van der Waals surface area contributed by atoms with Crippen LogP contribution in [0.15, 0.2) is 211 Å². The maximum atomic E-state index is 6.55. The van der Waals surface area contributed by atoms with Crippen LogP contribution in [0.5, 0.6) is 0 Å². The molecule has 4 aromatic heterocycles. The van der Waals surface area contributed by atoms with Gasteiger partial charge in [-0.1, -0.05) is 140 Å². The smallest absolute Gasteiger partial charge is 0.167 e. The second-order valence-corrected chi connectivity index (χ2v) is 17.8. The molecular formula is C59H34N4OS. The van der Waals surface area contributed by atoms with Gasteiger partial charge in [0.2, 0.25) is 0 Å². The van der Waals surface area contributed by atoms with Crippen LogP contribution in [0.25, 0.3) is 136 Å². The molecular weight excluding hydrogens is 813 g/mol. The average molecular weight is 847 g/mol. The van der Waals surface area contributed by atoms with E-state index in [0.717, 1.165) is 66.5 Å². The largest absolute Gasteiger partial charge is 0.455 e. The minimum absolute atomic E-state index is 0.552. The van der Waals surface area contributed by atoms with Crippen molar-refractivity contribution in [2.45, 2.75) is 0 Å². The van der Waals surface area contributed by atoms with Crippen LogP contribution in [0, 0.1) is 0 Å². The van der Waals surface area contributed by atoms with Gasteiger partial charge in [0.1, 0.15) is 11.2 Å². The van der Waals surface area contributed by atoms with Crippen molar-refractivity contribution in [2.24, 2.45) is 0 Å². The molecule has 14 aromatic rings. The highest BCUT2D eigenvalue weighted by molar-refractivity contribution is 7.26. The summed E-state index contributed by atoms with van der Waals surface area (Å²) in [5.41, 5.74) is 9.80. The molecule has 4 heterocycles. The summed E-state index contributed by atoms with van der Waals surface area (Å²) in [4.78, 5) is 15.8. The number of benzene rings is 10. The SMILES string of the molecule is c1ccc(-c2nc(-c3ccc(-n4c5ccccc5c5cc6ccccc6cc54)c(-c4cccc5sc6cc7ccccc7cc6c45)c3)nc(-c3cccc4c3oc3ccccc34)n2)cc1. The summed E-state index contributed by atoms with van der Waals surface area (Å²) in [6.45, 7) is 0. The fourth-order valence-corrected chi connectivity index (χ4v) is 11.2. The molecule has 0 saturated carbocycles. The molecule has 14 rings (SSSR count). The van der Waals surface area contributed by atoms with E-state index in [-0.39, 0.29) is 0 Å². The number of para-hydroxylation sites is 3. The first-order chi connectivity index (χ1) is 32.2. The van der Waals surface area contributed by atoms with E-state index in [1.165, 1.54) is 52.5 Å². The lowest BCUT2D eigenvalue weighted by Crippen LogP contribution is -2.02. The molecule has 65 heavy (non-hydrogen) atoms. The van der Waals surface area contributed by atoms with Gasteiger partial charge < -0.3 is 8.98 Å². The Labute approximate surface area is 376 Å². The van der Waals surface area contributed by atoms with Gasteiger partial charge in [-0.25, -0.2) is 15.0 Å². The van der Waals surface area contributed by atoms with E-state index in [2.05, 4.69) is 168 Å². The van der Waals surface area contributed by atoms with Crippen LogP contribution in [0.4, 0.5) is 0 Å². The molecule has 0 atom stereocenters. The molecule has 10 aromatic carbocycles. The minimum atomic E-state index is 0.552. The summed E-state index contributed by atoms with van der Waals surface area (Å²) in [5, 5.41) is 11.9. The number of nitrogens with zero attached hydrogens (tertiary/aromatic N) is 4. The third-order valence-corrected chi connectivity index (χ3v) is 14.1. The van der Waals surface area contributed by atoms with Gasteiger partial charge in [-0.05, 0) is 93.8 Å². The Kier molecular flexibility index (Phi) is 7.79. The molecule has 0 spiro atoms. The quantitative estimate of drug-likeness (QED) is 0.173. The Morgan fingerprint density at radius 3 is 1.83 bits per heavy atom. The highest BCUT2D eigenvalue weighted by Crippen LogP contribution is 2.46. The van der Waals surface area contributed by atoms with Crippen LogP contribution in [-0.2, 0) is 0 Å². The van der Waals surface area contributed by atoms with Gasteiger partial charge in [-0.2, -0.15) is 0 Å². The van der Waals surface area contributed by atoms with E-state index in [4.69, 9.17) is 19.4 Å². The second kappa shape index (κ2) is 14.0. The Hall–Kier alpha value is -8.45. The van der Waals surface area contributed by atoms with Gasteiger partial charge in [0.25, 0.3) is 0 Å². The predicted molar refractivity (Wildman–Crippen MR) is 271 cm³/mol. The molecule has 0 N–H and O–H groups in total. The van der Waals surface area contributed by atoms with Crippen LogP contribution in [0.1, 0.15) is 0 Å². The third-order valence-electron chi connectivity index (χ3n) is 13.0. The van der Waals surface area contributed by atoms with Crippen LogP contribution in [-0.4, -0.2) is 19.5 Å². The topological polar surface area (TPSA) is 56.7 Å². The number of aromatic nitrogens is 4. The molecule has 0 radical (unpaired) electrons. The zero-order valence-corrected chi connectivity index (χ0v) is 35.6. The first-order valence-corrected chi connectivity index (χ1v) is 22.7. The number of fused-ring (bicyclic) bond motifs is 11. The maximum Gasteiger partial charge on any atom is 0.167 e. The normalized spacial score (nSPS) is 12.0. The van der Waals surface area contributed by atoms with Crippen molar-refractivity contribution < 1.29 is 4.42 Å². The Morgan fingerprint density at radius 1 is 0.369 bits per heavy atom. The molecule has 0 bridgehead atoms. The summed E-state index contributed by atoms with van der Waals surface area (Å²) >= 11 is 1.85. The Bertz CT molecular complexity index is 4260. The van der Waals surface area contributed by atoms with Crippen molar-refractivity contribution in [1.82, 2.24) is 19.5 Å². The fourth-order valence-electron chi connectivity index (χ4n) is 10.0. The van der Waals surface area contributed by atoms with Crippen molar-refractivity contribution in [2.75, 3.05) is 0 Å². The Morgan fingerprint density at radius 2 is 1.00 bits per heavy atom. The van der Waals surface area contributed by atoms with Gasteiger partial charge >= 0.3 is 0 Å². The summed E-state index contributed by atoms with van der Waals surface area (Å²) in [6.07, 6.45) is 0. The lowest BCUT2D eigenvalue weighted by Gasteiger charge is -2.17. The van der Waals surface area contributed by atoms with Crippen molar-refractivity contribution >= 4 is 96.8 Å². The predicted octanol–water partition coefficient (Wildman–Crippen LogP) is 16.2. The summed E-state index contributed by atoms with van der Waals surface area (Å²) in [5.74, 6) is 1.73. The monoisotopic (exact) mass is 846 g/mol. The maximum absolute atomic E-state index is 6.55. The molecule has 6 heteroatoms. The second-order valence-electron chi connectivity index (χ2n) is 16.7. The zero-order valence-electron chi connectivity index (χ0n) is 34.7. The molecule has 0 aliphatic heterocycles. The number of hydrogen-bond donors (Lipinski definition) is 0. The fraction of sp³-hybridized carbons (Fsp3) is 0. The van der Waals surface area contributed by atoms with E-state index in [0.29, 0.717) is 17.5 Å². The van der Waals surface area contributed by atoms with Crippen molar-refractivity contribution in [3.8, 4) is 51.0 Å². The van der Waals surface area contributed by atoms with E-state index < -0.39 is 0 Å². The number of furan rings is 1. The molecule has 302 valence electrons. The first kappa shape index (κ1) is 36.1. The standard InChI is InChI=1S/C59H34N4OS/c1-2-14-35(15-3-1)57-60-58(62-59(61-57)45-24-12-23-44-42-21-9-11-26-52(42)64-56(44)45)40-28-29-50(63-49-25-10-8-20-41(49)46-30-36-16-4-6-18-38(36)33-51(46)63)47(32-40)43-22-13-27-53-55(43)48-31-37-17-5-7-19-39(37)34-54(48)65-53/h1-34H. The van der Waals surface area contributed by atoms with Gasteiger partial charge in [0, 0.05) is 58.4 Å². The summed E-state index contributed by atoms with van der Waals surface area (Å²) in [6, 6.07) is 73.5. The van der Waals surface area contributed by atoms with Crippen LogP contribution in [0.3, 0.4) is 0 Å². The van der Waals surface area contributed by atoms with E-state index in [1.807, 2.05) is 53.8 Å². The Balaban J connectivity index is 1.07. The van der Waals surface area contributed by atoms with Gasteiger partial charge in [0.15, 0.2) is 17.5 Å². The highest BCUT2D eigenvalue weighted by atomic mass is 32.1. The van der Waals surface area contributed by atoms with Crippen molar-refractivity contribution in [3.05, 3.63) is 206 Å². The zero-order chi connectivity index (χ0) is 42.6. The van der Waals surface area contributed by atoms with Crippen LogP contribution < -0.4 is 0 Å². The molecule has 0 unspecified atom stereocenters. The molecule has 0 aliphatic carbocycles. The highest BCUT2D eigenvalue weighted by Gasteiger charge is 2.23. The average Bonchev–Trinajstić information content (AvgIpc) is 4.04. The molecule has 0 fully saturated rings. The van der Waals surface area contributed by atoms with E-state index in [1.54, 1.807) is 0 Å². The van der Waals surface area contributed by atoms with E-state index in [9.17, 15) is 0 Å². The van der Waals surface area contributed by atoms with Crippen molar-refractivity contribution in [3.63, 3.8) is 0 Å². The van der Waals surface area contributed by atoms with Gasteiger partial charge in [-0.15, -0.1) is 11.3 Å². The van der Waals surface area contributed by atoms with Crippen LogP contribution in [0.2, 0.25) is 0 Å². The van der Waals surface area contributed by atoms with E-state index >= 15 is 0 Å². The van der Waals surface area contributed by atoms with Gasteiger partial charge in [0.05, 0.1) is 22.3 Å². The molecule has 0 amide bonds. The molecule has 5 nitrogen and oxygen atoms in total. The van der Waals surface area contributed by atoms with Crippen LogP contribution >= 0.6 is 11.3 Å². The molecule has 0 aliphatic rings. The first-order valence-electron chi connectivity index (χ1n) is 21.8. The lowest BCUT2D eigenvalue weighted by molar-refractivity contribution is 0.669. The minimum Gasteiger partial charge on any atom is -0.455 e. The number of thiophene rings is 1. The molecule has 0 saturated heterocycles. The lowest BCUT2D eigenvalue weighted by atomic mass is 9.95. The summed E-state index contributed by atoms with van der Waals surface area (Å²) in [7, 11) is 0. The summed E-state index contributed by atoms with van der Waals surface area (Å²) < 4.78 is 11.5. The number of rotatable bonds is 5. The third kappa shape index (κ3) is 5.61. The van der Waals surface area contributed by atoms with Gasteiger partial charge in [-0.3, -0.25) is 0 Å². The van der Waals surface area contributed by atoms with Crippen molar-refractivity contribution in [1.29, 1.82) is 0 Å².